The topological polar surface area (TPSA) is 149 Å². The van der Waals surface area contributed by atoms with E-state index in [1.165, 1.54) is 38.0 Å². The van der Waals surface area contributed by atoms with E-state index in [1.807, 2.05) is 0 Å². The number of furan rings is 1. The minimum absolute atomic E-state index is 0.0218. The van der Waals surface area contributed by atoms with E-state index in [0.29, 0.717) is 25.1 Å². The summed E-state index contributed by atoms with van der Waals surface area (Å²) in [5, 5.41) is 0. The molecule has 0 unspecified atom stereocenters. The number of amides is 2. The second-order valence-corrected chi connectivity index (χ2v) is 8.40. The third kappa shape index (κ3) is 3.75. The molecule has 1 fully saturated rings. The summed E-state index contributed by atoms with van der Waals surface area (Å²) in [4.78, 5) is 37.0. The predicted molar refractivity (Wildman–Crippen MR) is 107 cm³/mol. The lowest BCUT2D eigenvalue weighted by Gasteiger charge is -2.18. The molecular formula is C19H21N3O7S. The molecule has 10 nitrogen and oxygen atoms in total. The van der Waals surface area contributed by atoms with Gasteiger partial charge in [0.2, 0.25) is 11.8 Å². The fraction of sp³-hybridized carbons (Fsp3) is 0.316. The highest BCUT2D eigenvalue weighted by Crippen LogP contribution is 2.34. The van der Waals surface area contributed by atoms with Crippen LogP contribution in [0.15, 0.2) is 27.5 Å². The molecule has 2 heterocycles. The van der Waals surface area contributed by atoms with E-state index < -0.39 is 27.6 Å². The number of sulfonamides is 1. The number of carbonyl (C=O) groups is 3. The van der Waals surface area contributed by atoms with Crippen molar-refractivity contribution in [2.75, 3.05) is 23.3 Å². The van der Waals surface area contributed by atoms with Crippen LogP contribution >= 0.6 is 0 Å². The first-order valence-electron chi connectivity index (χ1n) is 9.02. The van der Waals surface area contributed by atoms with Crippen molar-refractivity contribution >= 4 is 39.2 Å². The molecule has 0 bridgehead atoms. The van der Waals surface area contributed by atoms with Crippen LogP contribution in [-0.4, -0.2) is 39.7 Å². The first-order chi connectivity index (χ1) is 14.1. The standard InChI is InChI=1S/C19H21N3O7S/c1-10(23)16-11(2)29-19(17(16)18(20)25)21-30(26,27)14-9-12(6-7-13(14)28-3)22-8-4-5-15(22)24/h6-7,9,21H,4-5,8H2,1-3H3,(H2,20,25). The van der Waals surface area contributed by atoms with Gasteiger partial charge in [0.1, 0.15) is 22.0 Å². The molecule has 0 radical (unpaired) electrons. The van der Waals surface area contributed by atoms with Gasteiger partial charge in [-0.05, 0) is 38.5 Å². The van der Waals surface area contributed by atoms with Gasteiger partial charge in [0.25, 0.3) is 15.9 Å². The fourth-order valence-electron chi connectivity index (χ4n) is 3.42. The van der Waals surface area contributed by atoms with Gasteiger partial charge in [-0.15, -0.1) is 0 Å². The van der Waals surface area contributed by atoms with Gasteiger partial charge >= 0.3 is 0 Å². The van der Waals surface area contributed by atoms with E-state index in [-0.39, 0.29) is 33.4 Å². The zero-order chi connectivity index (χ0) is 22.2. The smallest absolute Gasteiger partial charge is 0.267 e. The number of nitrogens with zero attached hydrogens (tertiary/aromatic N) is 1. The van der Waals surface area contributed by atoms with E-state index in [4.69, 9.17) is 14.9 Å². The Bertz CT molecular complexity index is 1150. The maximum absolute atomic E-state index is 13.1. The highest BCUT2D eigenvalue weighted by molar-refractivity contribution is 7.92. The zero-order valence-electron chi connectivity index (χ0n) is 16.6. The number of nitrogens with one attached hydrogen (secondary N) is 1. The van der Waals surface area contributed by atoms with E-state index in [9.17, 15) is 22.8 Å². The van der Waals surface area contributed by atoms with E-state index in [1.54, 1.807) is 6.07 Å². The van der Waals surface area contributed by atoms with Crippen LogP contribution in [0.25, 0.3) is 0 Å². The number of benzene rings is 1. The number of primary amides is 1. The number of carbonyl (C=O) groups excluding carboxylic acids is 3. The number of Topliss-reactive ketones (excluding diaryl/α,β-unsaturated/α-hetero) is 1. The highest BCUT2D eigenvalue weighted by Gasteiger charge is 2.31. The van der Waals surface area contributed by atoms with Crippen LogP contribution in [0.2, 0.25) is 0 Å². The number of ether oxygens (including phenoxy) is 1. The molecule has 0 atom stereocenters. The summed E-state index contributed by atoms with van der Waals surface area (Å²) < 4.78 is 38.9. The first kappa shape index (κ1) is 21.4. The van der Waals surface area contributed by atoms with E-state index in [2.05, 4.69) is 4.72 Å². The van der Waals surface area contributed by atoms with Crippen molar-refractivity contribution in [1.29, 1.82) is 0 Å². The van der Waals surface area contributed by atoms with Crippen LogP contribution in [0.3, 0.4) is 0 Å². The van der Waals surface area contributed by atoms with Crippen molar-refractivity contribution in [3.05, 3.63) is 35.1 Å². The van der Waals surface area contributed by atoms with Gasteiger partial charge in [0.05, 0.1) is 12.7 Å². The molecule has 1 aromatic carbocycles. The van der Waals surface area contributed by atoms with Gasteiger partial charge in [-0.3, -0.25) is 14.4 Å². The minimum atomic E-state index is -4.34. The molecule has 0 spiro atoms. The average molecular weight is 435 g/mol. The Balaban J connectivity index is 2.08. The number of ketones is 1. The third-order valence-corrected chi connectivity index (χ3v) is 6.08. The second-order valence-electron chi connectivity index (χ2n) is 6.75. The highest BCUT2D eigenvalue weighted by atomic mass is 32.2. The van der Waals surface area contributed by atoms with Crippen molar-refractivity contribution in [1.82, 2.24) is 0 Å². The normalized spacial score (nSPS) is 14.1. The van der Waals surface area contributed by atoms with Crippen molar-refractivity contribution in [2.45, 2.75) is 31.6 Å². The Labute approximate surface area is 173 Å². The van der Waals surface area contributed by atoms with Crippen LogP contribution in [0.4, 0.5) is 11.6 Å². The summed E-state index contributed by atoms with van der Waals surface area (Å²) in [6.45, 7) is 3.10. The lowest BCUT2D eigenvalue weighted by atomic mass is 10.1. The molecule has 1 aliphatic rings. The van der Waals surface area contributed by atoms with Crippen LogP contribution in [0, 0.1) is 6.92 Å². The number of nitrogens with two attached hydrogens (primary N) is 1. The van der Waals surface area contributed by atoms with Crippen molar-refractivity contribution in [3.8, 4) is 5.75 Å². The monoisotopic (exact) mass is 435 g/mol. The summed E-state index contributed by atoms with van der Waals surface area (Å²) >= 11 is 0. The molecule has 3 rings (SSSR count). The molecule has 2 amide bonds. The number of rotatable bonds is 7. The first-order valence-corrected chi connectivity index (χ1v) is 10.5. The Morgan fingerprint density at radius 1 is 1.27 bits per heavy atom. The minimum Gasteiger partial charge on any atom is -0.495 e. The maximum Gasteiger partial charge on any atom is 0.267 e. The molecule has 2 aromatic rings. The van der Waals surface area contributed by atoms with E-state index in [0.717, 1.165) is 0 Å². The van der Waals surface area contributed by atoms with Crippen LogP contribution in [0.1, 0.15) is 46.2 Å². The van der Waals surface area contributed by atoms with Gasteiger partial charge in [0, 0.05) is 18.7 Å². The Morgan fingerprint density at radius 2 is 1.97 bits per heavy atom. The lowest BCUT2D eigenvalue weighted by Crippen LogP contribution is -2.24. The molecule has 3 N–H and O–H groups in total. The summed E-state index contributed by atoms with van der Waals surface area (Å²) in [7, 11) is -3.04. The Morgan fingerprint density at radius 3 is 2.50 bits per heavy atom. The zero-order valence-corrected chi connectivity index (χ0v) is 17.5. The predicted octanol–water partition coefficient (Wildman–Crippen LogP) is 1.83. The summed E-state index contributed by atoms with van der Waals surface area (Å²) in [5.41, 5.74) is 5.30. The summed E-state index contributed by atoms with van der Waals surface area (Å²) in [6.07, 6.45) is 1.06. The molecule has 1 aliphatic heterocycles. The number of hydrogen-bond acceptors (Lipinski definition) is 7. The molecule has 160 valence electrons. The van der Waals surface area contributed by atoms with Crippen LogP contribution in [-0.2, 0) is 14.8 Å². The third-order valence-electron chi connectivity index (χ3n) is 4.73. The summed E-state index contributed by atoms with van der Waals surface area (Å²) in [6, 6.07) is 4.32. The van der Waals surface area contributed by atoms with E-state index >= 15 is 0 Å². The number of methoxy groups -OCH3 is 1. The van der Waals surface area contributed by atoms with Crippen molar-refractivity contribution in [3.63, 3.8) is 0 Å². The largest absolute Gasteiger partial charge is 0.495 e. The van der Waals surface area contributed by atoms with Crippen LogP contribution in [0.5, 0.6) is 5.75 Å². The molecule has 0 saturated carbocycles. The molecular weight excluding hydrogens is 414 g/mol. The van der Waals surface area contributed by atoms with Gasteiger partial charge in [0.15, 0.2) is 5.78 Å². The van der Waals surface area contributed by atoms with Gasteiger partial charge in [-0.2, -0.15) is 0 Å². The van der Waals surface area contributed by atoms with Gasteiger partial charge < -0.3 is 19.8 Å². The van der Waals surface area contributed by atoms with Gasteiger partial charge in [-0.25, -0.2) is 13.1 Å². The molecule has 1 saturated heterocycles. The average Bonchev–Trinajstić information content (AvgIpc) is 3.23. The number of anilines is 2. The Hall–Kier alpha value is -3.34. The van der Waals surface area contributed by atoms with Crippen molar-refractivity contribution in [2.24, 2.45) is 5.73 Å². The quantitative estimate of drug-likeness (QED) is 0.630. The van der Waals surface area contributed by atoms with Crippen molar-refractivity contribution < 1.29 is 32.0 Å². The molecule has 11 heteroatoms. The van der Waals surface area contributed by atoms with Gasteiger partial charge in [-0.1, -0.05) is 0 Å². The number of hydrogen-bond donors (Lipinski definition) is 2. The molecule has 0 aliphatic carbocycles. The maximum atomic E-state index is 13.1. The molecule has 30 heavy (non-hydrogen) atoms. The second kappa shape index (κ2) is 7.82. The fourth-order valence-corrected chi connectivity index (χ4v) is 4.61. The van der Waals surface area contributed by atoms with Crippen LogP contribution < -0.4 is 20.1 Å². The number of aryl methyl sites for hydroxylation is 1. The SMILES string of the molecule is COc1ccc(N2CCCC2=O)cc1S(=O)(=O)Nc1oc(C)c(C(C)=O)c1C(N)=O. The lowest BCUT2D eigenvalue weighted by molar-refractivity contribution is -0.117. The summed E-state index contributed by atoms with van der Waals surface area (Å²) in [5.74, 6) is -2.01. The Kier molecular flexibility index (Phi) is 5.57. The molecule has 1 aromatic heterocycles.